The highest BCUT2D eigenvalue weighted by Gasteiger charge is 2.07. The first-order chi connectivity index (χ1) is 7.85. The normalized spacial score (nSPS) is 10.0. The van der Waals surface area contributed by atoms with Crippen LogP contribution < -0.4 is 0 Å². The van der Waals surface area contributed by atoms with E-state index in [4.69, 9.17) is 5.26 Å². The lowest BCUT2D eigenvalue weighted by atomic mass is 10.2. The van der Waals surface area contributed by atoms with Gasteiger partial charge in [-0.2, -0.15) is 10.4 Å². The molecule has 0 unspecified atom stereocenters. The number of hydrogen-bond donors (Lipinski definition) is 0. The zero-order chi connectivity index (χ0) is 11.4. The Balaban J connectivity index is 2.41. The maximum absolute atomic E-state index is 8.72. The molecule has 0 aliphatic carbocycles. The predicted octanol–water partition coefficient (Wildman–Crippen LogP) is 2.03. The first-order valence-electron chi connectivity index (χ1n) is 5.19. The van der Waals surface area contributed by atoms with E-state index in [0.717, 1.165) is 23.5 Å². The summed E-state index contributed by atoms with van der Waals surface area (Å²) in [6, 6.07) is 7.94. The first-order valence-corrected chi connectivity index (χ1v) is 5.19. The number of rotatable bonds is 3. The highest BCUT2D eigenvalue weighted by Crippen LogP contribution is 2.18. The lowest BCUT2D eigenvalue weighted by Crippen LogP contribution is -2.01. The highest BCUT2D eigenvalue weighted by molar-refractivity contribution is 5.57. The molecule has 2 aromatic heterocycles. The van der Waals surface area contributed by atoms with Gasteiger partial charge < -0.3 is 0 Å². The molecule has 4 heteroatoms. The average Bonchev–Trinajstić information content (AvgIpc) is 2.74. The van der Waals surface area contributed by atoms with Crippen LogP contribution in [0.5, 0.6) is 0 Å². The molecule has 0 spiro atoms. The molecular formula is C12H12N4. The standard InChI is InChI=1S/C12H12N4/c1-2-16-11(5-6-13)8-12(15-16)10-4-3-7-14-9-10/h3-4,7-9H,2,5H2,1H3. The Labute approximate surface area is 94.2 Å². The Morgan fingerprint density at radius 2 is 2.38 bits per heavy atom. The van der Waals surface area contributed by atoms with Crippen LogP contribution in [0.4, 0.5) is 0 Å². The third-order valence-corrected chi connectivity index (χ3v) is 2.38. The van der Waals surface area contributed by atoms with Gasteiger partial charge in [0.1, 0.15) is 0 Å². The fourth-order valence-corrected chi connectivity index (χ4v) is 1.61. The molecule has 4 nitrogen and oxygen atoms in total. The maximum Gasteiger partial charge on any atom is 0.0941 e. The van der Waals surface area contributed by atoms with E-state index in [9.17, 15) is 0 Å². The van der Waals surface area contributed by atoms with E-state index in [1.54, 1.807) is 12.4 Å². The SMILES string of the molecule is CCn1nc(-c2cccnc2)cc1CC#N. The van der Waals surface area contributed by atoms with Gasteiger partial charge in [0.2, 0.25) is 0 Å². The summed E-state index contributed by atoms with van der Waals surface area (Å²) in [5.41, 5.74) is 2.80. The molecule has 2 heterocycles. The molecule has 16 heavy (non-hydrogen) atoms. The van der Waals surface area contributed by atoms with Crippen molar-refractivity contribution < 1.29 is 0 Å². The Morgan fingerprint density at radius 3 is 3.00 bits per heavy atom. The lowest BCUT2D eigenvalue weighted by Gasteiger charge is -1.98. The van der Waals surface area contributed by atoms with Gasteiger partial charge >= 0.3 is 0 Å². The fourth-order valence-electron chi connectivity index (χ4n) is 1.61. The van der Waals surface area contributed by atoms with Crippen molar-refractivity contribution in [2.24, 2.45) is 0 Å². The first kappa shape index (κ1) is 10.4. The van der Waals surface area contributed by atoms with Crippen LogP contribution in [0.3, 0.4) is 0 Å². The summed E-state index contributed by atoms with van der Waals surface area (Å²) in [4.78, 5) is 4.06. The number of aromatic nitrogens is 3. The van der Waals surface area contributed by atoms with Crippen molar-refractivity contribution in [2.75, 3.05) is 0 Å². The molecule has 0 aliphatic rings. The third-order valence-electron chi connectivity index (χ3n) is 2.38. The van der Waals surface area contributed by atoms with Crippen LogP contribution in [0, 0.1) is 11.3 Å². The molecular weight excluding hydrogens is 200 g/mol. The summed E-state index contributed by atoms with van der Waals surface area (Å²) in [5.74, 6) is 0. The lowest BCUT2D eigenvalue weighted by molar-refractivity contribution is 0.634. The third kappa shape index (κ3) is 1.94. The summed E-state index contributed by atoms with van der Waals surface area (Å²) in [6.07, 6.45) is 3.90. The number of nitriles is 1. The number of pyridine rings is 1. The Morgan fingerprint density at radius 1 is 1.50 bits per heavy atom. The van der Waals surface area contributed by atoms with Gasteiger partial charge in [0.05, 0.1) is 23.9 Å². The van der Waals surface area contributed by atoms with Crippen LogP contribution in [0.15, 0.2) is 30.6 Å². The highest BCUT2D eigenvalue weighted by atomic mass is 15.3. The molecule has 0 aliphatic heterocycles. The maximum atomic E-state index is 8.72. The molecule has 2 rings (SSSR count). The Hall–Kier alpha value is -2.15. The molecule has 0 amide bonds. The molecule has 2 aromatic rings. The Bertz CT molecular complexity index is 508. The van der Waals surface area contributed by atoms with Gasteiger partial charge in [-0.05, 0) is 25.1 Å². The summed E-state index contributed by atoms with van der Waals surface area (Å²) >= 11 is 0. The smallest absolute Gasteiger partial charge is 0.0941 e. The van der Waals surface area contributed by atoms with E-state index in [1.807, 2.05) is 29.8 Å². The van der Waals surface area contributed by atoms with Crippen molar-refractivity contribution in [2.45, 2.75) is 19.9 Å². The molecule has 80 valence electrons. The second-order valence-corrected chi connectivity index (χ2v) is 3.41. The summed E-state index contributed by atoms with van der Waals surface area (Å²) in [7, 11) is 0. The molecule has 0 N–H and O–H groups in total. The minimum Gasteiger partial charge on any atom is -0.268 e. The van der Waals surface area contributed by atoms with Crippen LogP contribution in [0.2, 0.25) is 0 Å². The van der Waals surface area contributed by atoms with E-state index in [-0.39, 0.29) is 0 Å². The summed E-state index contributed by atoms with van der Waals surface area (Å²) in [5, 5.41) is 13.2. The molecule has 0 fully saturated rings. The molecule has 0 bridgehead atoms. The van der Waals surface area contributed by atoms with Crippen LogP contribution in [-0.4, -0.2) is 14.8 Å². The largest absolute Gasteiger partial charge is 0.268 e. The van der Waals surface area contributed by atoms with Crippen LogP contribution in [0.25, 0.3) is 11.3 Å². The van der Waals surface area contributed by atoms with Gasteiger partial charge in [-0.3, -0.25) is 9.67 Å². The van der Waals surface area contributed by atoms with Crippen molar-refractivity contribution >= 4 is 0 Å². The van der Waals surface area contributed by atoms with E-state index >= 15 is 0 Å². The number of nitrogens with zero attached hydrogens (tertiary/aromatic N) is 4. The number of aryl methyl sites for hydroxylation is 1. The predicted molar refractivity (Wildman–Crippen MR) is 60.4 cm³/mol. The topological polar surface area (TPSA) is 54.5 Å². The van der Waals surface area contributed by atoms with Gasteiger partial charge in [-0.25, -0.2) is 0 Å². The summed E-state index contributed by atoms with van der Waals surface area (Å²) in [6.45, 7) is 2.79. The van der Waals surface area contributed by atoms with Gasteiger partial charge in [-0.1, -0.05) is 0 Å². The van der Waals surface area contributed by atoms with Crippen molar-refractivity contribution in [3.05, 3.63) is 36.3 Å². The van der Waals surface area contributed by atoms with E-state index in [0.29, 0.717) is 6.42 Å². The molecule has 0 radical (unpaired) electrons. The minimum absolute atomic E-state index is 0.390. The van der Waals surface area contributed by atoms with E-state index in [2.05, 4.69) is 16.2 Å². The monoisotopic (exact) mass is 212 g/mol. The van der Waals surface area contributed by atoms with Crippen LogP contribution in [0.1, 0.15) is 12.6 Å². The second kappa shape index (κ2) is 4.58. The van der Waals surface area contributed by atoms with Gasteiger partial charge in [-0.15, -0.1) is 0 Å². The number of hydrogen-bond acceptors (Lipinski definition) is 3. The van der Waals surface area contributed by atoms with Crippen LogP contribution >= 0.6 is 0 Å². The van der Waals surface area contributed by atoms with Gasteiger partial charge in [0.25, 0.3) is 0 Å². The minimum atomic E-state index is 0.390. The zero-order valence-electron chi connectivity index (χ0n) is 9.09. The summed E-state index contributed by atoms with van der Waals surface area (Å²) < 4.78 is 1.85. The Kier molecular flexibility index (Phi) is 2.97. The zero-order valence-corrected chi connectivity index (χ0v) is 9.09. The van der Waals surface area contributed by atoms with Crippen molar-refractivity contribution in [1.29, 1.82) is 5.26 Å². The van der Waals surface area contributed by atoms with Crippen LogP contribution in [-0.2, 0) is 13.0 Å². The van der Waals surface area contributed by atoms with Crippen molar-refractivity contribution in [3.8, 4) is 17.3 Å². The quantitative estimate of drug-likeness (QED) is 0.782. The van der Waals surface area contributed by atoms with Crippen molar-refractivity contribution in [1.82, 2.24) is 14.8 Å². The second-order valence-electron chi connectivity index (χ2n) is 3.41. The van der Waals surface area contributed by atoms with Gasteiger partial charge in [0.15, 0.2) is 0 Å². The average molecular weight is 212 g/mol. The molecule has 0 atom stereocenters. The van der Waals surface area contributed by atoms with Crippen molar-refractivity contribution in [3.63, 3.8) is 0 Å². The molecule has 0 aromatic carbocycles. The van der Waals surface area contributed by atoms with E-state index < -0.39 is 0 Å². The molecule has 0 saturated heterocycles. The fraction of sp³-hybridized carbons (Fsp3) is 0.250. The van der Waals surface area contributed by atoms with E-state index in [1.165, 1.54) is 0 Å². The van der Waals surface area contributed by atoms with Gasteiger partial charge in [0, 0.05) is 24.5 Å². The molecule has 0 saturated carbocycles.